The van der Waals surface area contributed by atoms with E-state index in [0.717, 1.165) is 23.4 Å². The van der Waals surface area contributed by atoms with Crippen LogP contribution in [0.25, 0.3) is 0 Å². The minimum Gasteiger partial charge on any atom is -0.496 e. The van der Waals surface area contributed by atoms with Crippen LogP contribution >= 0.6 is 0 Å². The molecule has 0 radical (unpaired) electrons. The van der Waals surface area contributed by atoms with Gasteiger partial charge >= 0.3 is 0 Å². The smallest absolute Gasteiger partial charge is 0.246 e. The standard InChI is InChI=1S/C16H23N5O2/c1-5-17-16(19-10-15-20-12(3)21-23-15)18-9-13-7-6-11(2)8-14(13)22-4/h6-8H,5,9-10H2,1-4H3,(H2,17,18,19). The van der Waals surface area contributed by atoms with Crippen molar-refractivity contribution in [2.24, 2.45) is 4.99 Å². The predicted octanol–water partition coefficient (Wildman–Crippen LogP) is 1.95. The number of benzene rings is 1. The normalized spacial score (nSPS) is 11.4. The number of aryl methyl sites for hydroxylation is 2. The number of hydrogen-bond acceptors (Lipinski definition) is 5. The van der Waals surface area contributed by atoms with Gasteiger partial charge in [-0.1, -0.05) is 17.3 Å². The summed E-state index contributed by atoms with van der Waals surface area (Å²) in [6.45, 7) is 7.54. The van der Waals surface area contributed by atoms with Crippen molar-refractivity contribution in [2.45, 2.75) is 33.9 Å². The molecule has 1 aromatic carbocycles. The highest BCUT2D eigenvalue weighted by Crippen LogP contribution is 2.20. The topological polar surface area (TPSA) is 84.6 Å². The molecular formula is C16H23N5O2. The van der Waals surface area contributed by atoms with E-state index in [1.54, 1.807) is 14.0 Å². The predicted molar refractivity (Wildman–Crippen MR) is 88.4 cm³/mol. The van der Waals surface area contributed by atoms with Crippen LogP contribution < -0.4 is 15.4 Å². The van der Waals surface area contributed by atoms with E-state index in [9.17, 15) is 0 Å². The Morgan fingerprint density at radius 3 is 2.78 bits per heavy atom. The van der Waals surface area contributed by atoms with Crippen molar-refractivity contribution in [1.29, 1.82) is 0 Å². The highest BCUT2D eigenvalue weighted by atomic mass is 16.5. The average Bonchev–Trinajstić information content (AvgIpc) is 2.96. The van der Waals surface area contributed by atoms with Crippen molar-refractivity contribution < 1.29 is 9.26 Å². The maximum absolute atomic E-state index is 5.41. The van der Waals surface area contributed by atoms with Gasteiger partial charge in [-0.3, -0.25) is 0 Å². The molecule has 0 atom stereocenters. The Balaban J connectivity index is 2.03. The van der Waals surface area contributed by atoms with Gasteiger partial charge in [0, 0.05) is 12.1 Å². The van der Waals surface area contributed by atoms with Gasteiger partial charge in [0.25, 0.3) is 0 Å². The Bertz CT molecular complexity index is 666. The average molecular weight is 317 g/mol. The van der Waals surface area contributed by atoms with E-state index in [4.69, 9.17) is 9.26 Å². The Morgan fingerprint density at radius 2 is 2.13 bits per heavy atom. The number of guanidine groups is 1. The number of ether oxygens (including phenoxy) is 1. The van der Waals surface area contributed by atoms with Gasteiger partial charge in [-0.2, -0.15) is 4.98 Å². The fourth-order valence-electron chi connectivity index (χ4n) is 2.06. The summed E-state index contributed by atoms with van der Waals surface area (Å²) in [5.41, 5.74) is 2.19. The first-order chi connectivity index (χ1) is 11.1. The zero-order valence-corrected chi connectivity index (χ0v) is 14.0. The first kappa shape index (κ1) is 16.8. The third kappa shape index (κ3) is 4.98. The third-order valence-electron chi connectivity index (χ3n) is 3.17. The van der Waals surface area contributed by atoms with Crippen LogP contribution in [0.2, 0.25) is 0 Å². The zero-order valence-electron chi connectivity index (χ0n) is 14.0. The molecule has 0 saturated carbocycles. The van der Waals surface area contributed by atoms with E-state index in [2.05, 4.69) is 31.8 Å². The summed E-state index contributed by atoms with van der Waals surface area (Å²) in [7, 11) is 1.67. The lowest BCUT2D eigenvalue weighted by molar-refractivity contribution is 0.371. The van der Waals surface area contributed by atoms with Crippen molar-refractivity contribution in [3.63, 3.8) is 0 Å². The first-order valence-corrected chi connectivity index (χ1v) is 7.57. The van der Waals surface area contributed by atoms with E-state index in [-0.39, 0.29) is 0 Å². The van der Waals surface area contributed by atoms with Crippen LogP contribution in [0.3, 0.4) is 0 Å². The monoisotopic (exact) mass is 317 g/mol. The van der Waals surface area contributed by atoms with E-state index >= 15 is 0 Å². The quantitative estimate of drug-likeness (QED) is 0.626. The Morgan fingerprint density at radius 1 is 1.30 bits per heavy atom. The van der Waals surface area contributed by atoms with Gasteiger partial charge in [0.15, 0.2) is 11.8 Å². The van der Waals surface area contributed by atoms with E-state index in [1.807, 2.05) is 26.0 Å². The number of nitrogens with one attached hydrogen (secondary N) is 2. The summed E-state index contributed by atoms with van der Waals surface area (Å²) in [5, 5.41) is 10.1. The highest BCUT2D eigenvalue weighted by Gasteiger charge is 2.06. The molecule has 124 valence electrons. The third-order valence-corrected chi connectivity index (χ3v) is 3.17. The van der Waals surface area contributed by atoms with Gasteiger partial charge < -0.3 is 19.9 Å². The van der Waals surface area contributed by atoms with E-state index in [1.165, 1.54) is 0 Å². The molecule has 0 unspecified atom stereocenters. The Hall–Kier alpha value is -2.57. The van der Waals surface area contributed by atoms with Crippen LogP contribution in [0.5, 0.6) is 5.75 Å². The van der Waals surface area contributed by atoms with Gasteiger partial charge in [0.2, 0.25) is 5.89 Å². The number of rotatable bonds is 6. The van der Waals surface area contributed by atoms with Crippen LogP contribution in [0, 0.1) is 13.8 Å². The van der Waals surface area contributed by atoms with Gasteiger partial charge in [-0.25, -0.2) is 4.99 Å². The summed E-state index contributed by atoms with van der Waals surface area (Å²) in [6.07, 6.45) is 0. The molecule has 2 aromatic rings. The summed E-state index contributed by atoms with van der Waals surface area (Å²) in [4.78, 5) is 8.72. The molecule has 2 N–H and O–H groups in total. The molecule has 0 aliphatic rings. The molecule has 7 heteroatoms. The number of methoxy groups -OCH3 is 1. The summed E-state index contributed by atoms with van der Waals surface area (Å²) in [6, 6.07) is 6.09. The molecule has 0 saturated heterocycles. The largest absolute Gasteiger partial charge is 0.496 e. The number of nitrogens with zero attached hydrogens (tertiary/aromatic N) is 3. The molecule has 23 heavy (non-hydrogen) atoms. The molecule has 0 amide bonds. The summed E-state index contributed by atoms with van der Waals surface area (Å²) >= 11 is 0. The molecule has 2 rings (SSSR count). The lowest BCUT2D eigenvalue weighted by Gasteiger charge is -2.11. The number of aliphatic imine (C=N–C) groups is 1. The van der Waals surface area contributed by atoms with Gasteiger partial charge in [-0.05, 0) is 32.4 Å². The minimum absolute atomic E-state index is 0.428. The fourth-order valence-corrected chi connectivity index (χ4v) is 2.06. The number of hydrogen-bond donors (Lipinski definition) is 2. The van der Waals surface area contributed by atoms with Crippen LogP contribution in [0.4, 0.5) is 0 Å². The molecule has 0 aliphatic carbocycles. The van der Waals surface area contributed by atoms with Crippen LogP contribution in [0.15, 0.2) is 27.7 Å². The van der Waals surface area contributed by atoms with E-state index < -0.39 is 0 Å². The van der Waals surface area contributed by atoms with Crippen LogP contribution in [-0.2, 0) is 13.1 Å². The van der Waals surface area contributed by atoms with E-state index in [0.29, 0.717) is 30.8 Å². The summed E-state index contributed by atoms with van der Waals surface area (Å²) < 4.78 is 10.5. The maximum Gasteiger partial charge on any atom is 0.246 e. The van der Waals surface area contributed by atoms with Crippen molar-refractivity contribution in [3.8, 4) is 5.75 Å². The molecule has 7 nitrogen and oxygen atoms in total. The van der Waals surface area contributed by atoms with Crippen molar-refractivity contribution in [1.82, 2.24) is 20.8 Å². The summed E-state index contributed by atoms with van der Waals surface area (Å²) in [5.74, 6) is 2.68. The van der Waals surface area contributed by atoms with Gasteiger partial charge in [-0.15, -0.1) is 0 Å². The highest BCUT2D eigenvalue weighted by molar-refractivity contribution is 5.79. The Kier molecular flexibility index (Phi) is 5.96. The molecular weight excluding hydrogens is 294 g/mol. The molecule has 0 bridgehead atoms. The first-order valence-electron chi connectivity index (χ1n) is 7.57. The molecule has 0 fully saturated rings. The maximum atomic E-state index is 5.41. The lowest BCUT2D eigenvalue weighted by Crippen LogP contribution is -2.36. The second kappa shape index (κ2) is 8.17. The van der Waals surface area contributed by atoms with Crippen LogP contribution in [-0.4, -0.2) is 29.8 Å². The molecule has 1 heterocycles. The van der Waals surface area contributed by atoms with Gasteiger partial charge in [0.05, 0.1) is 20.2 Å². The number of aromatic nitrogens is 2. The zero-order chi connectivity index (χ0) is 16.7. The second-order valence-electron chi connectivity index (χ2n) is 5.10. The SMILES string of the molecule is CCNC(=NCc1ccc(C)cc1OC)NCc1nc(C)no1. The van der Waals surface area contributed by atoms with Crippen molar-refractivity contribution in [2.75, 3.05) is 13.7 Å². The van der Waals surface area contributed by atoms with Gasteiger partial charge in [0.1, 0.15) is 5.75 Å². The molecule has 1 aromatic heterocycles. The molecule has 0 aliphatic heterocycles. The second-order valence-corrected chi connectivity index (χ2v) is 5.10. The minimum atomic E-state index is 0.428. The Labute approximate surface area is 136 Å². The molecule has 0 spiro atoms. The fraction of sp³-hybridized carbons (Fsp3) is 0.438. The van der Waals surface area contributed by atoms with Crippen molar-refractivity contribution >= 4 is 5.96 Å². The van der Waals surface area contributed by atoms with Crippen molar-refractivity contribution in [3.05, 3.63) is 41.0 Å². The lowest BCUT2D eigenvalue weighted by atomic mass is 10.1. The van der Waals surface area contributed by atoms with Crippen LogP contribution in [0.1, 0.15) is 29.8 Å².